The van der Waals surface area contributed by atoms with Gasteiger partial charge in [-0.1, -0.05) is 37.0 Å². The van der Waals surface area contributed by atoms with Crippen LogP contribution in [0.1, 0.15) is 29.8 Å². The Hall–Kier alpha value is -2.04. The molecule has 0 saturated carbocycles. The van der Waals surface area contributed by atoms with Gasteiger partial charge in [0.05, 0.1) is 34.0 Å². The molecule has 2 amide bonds. The van der Waals surface area contributed by atoms with Gasteiger partial charge in [0.25, 0.3) is 11.8 Å². The second kappa shape index (κ2) is 11.5. The van der Waals surface area contributed by atoms with Crippen LogP contribution in [0.5, 0.6) is 11.5 Å². The molecule has 0 aliphatic carbocycles. The highest BCUT2D eigenvalue weighted by atomic mass is 127. The third-order valence-electron chi connectivity index (χ3n) is 4.26. The number of ether oxygens (including phenoxy) is 2. The molecule has 1 unspecified atom stereocenters. The third kappa shape index (κ3) is 6.72. The van der Waals surface area contributed by atoms with E-state index >= 15 is 0 Å². The fourth-order valence-corrected chi connectivity index (χ4v) is 3.79. The number of nitrogens with one attached hydrogen (secondary N) is 2. The molecule has 166 valence electrons. The molecule has 0 bridgehead atoms. The van der Waals surface area contributed by atoms with Crippen molar-refractivity contribution in [3.8, 4) is 11.5 Å². The zero-order valence-corrected chi connectivity index (χ0v) is 21.0. The molecule has 31 heavy (non-hydrogen) atoms. The van der Waals surface area contributed by atoms with Crippen molar-refractivity contribution in [1.29, 1.82) is 0 Å². The minimum absolute atomic E-state index is 0.177. The largest absolute Gasteiger partial charge is 0.493 e. The van der Waals surface area contributed by atoms with Crippen LogP contribution in [0.25, 0.3) is 0 Å². The maximum atomic E-state index is 12.6. The maximum Gasteiger partial charge on any atom is 0.262 e. The summed E-state index contributed by atoms with van der Waals surface area (Å²) in [6, 6.07) is 7.29. The van der Waals surface area contributed by atoms with E-state index in [2.05, 4.69) is 38.4 Å². The fourth-order valence-electron chi connectivity index (χ4n) is 2.65. The average molecular weight is 578 g/mol. The topological polar surface area (TPSA) is 89.0 Å². The van der Waals surface area contributed by atoms with Gasteiger partial charge in [-0.3, -0.25) is 9.59 Å². The molecule has 0 spiro atoms. The first-order chi connectivity index (χ1) is 14.7. The van der Waals surface area contributed by atoms with Gasteiger partial charge in [-0.05, 0) is 64.4 Å². The summed E-state index contributed by atoms with van der Waals surface area (Å²) in [6.07, 6.45) is 1.49. The average Bonchev–Trinajstić information content (AvgIpc) is 2.72. The van der Waals surface area contributed by atoms with Crippen LogP contribution in [0.3, 0.4) is 0 Å². The van der Waals surface area contributed by atoms with Crippen LogP contribution in [0.15, 0.2) is 35.4 Å². The highest BCUT2D eigenvalue weighted by Gasteiger charge is 2.24. The molecule has 2 N–H and O–H groups in total. The first-order valence-electron chi connectivity index (χ1n) is 9.18. The summed E-state index contributed by atoms with van der Waals surface area (Å²) in [5.41, 5.74) is 3.48. The summed E-state index contributed by atoms with van der Waals surface area (Å²) >= 11 is 14.0. The molecule has 0 aromatic heterocycles. The van der Waals surface area contributed by atoms with E-state index in [4.69, 9.17) is 32.7 Å². The molecule has 7 nitrogen and oxygen atoms in total. The second-order valence-electron chi connectivity index (χ2n) is 6.80. The molecule has 0 aliphatic heterocycles. The summed E-state index contributed by atoms with van der Waals surface area (Å²) in [7, 11) is 3.10. The van der Waals surface area contributed by atoms with E-state index < -0.39 is 17.9 Å². The van der Waals surface area contributed by atoms with Gasteiger partial charge < -0.3 is 14.8 Å². The highest BCUT2D eigenvalue weighted by Crippen LogP contribution is 2.33. The smallest absolute Gasteiger partial charge is 0.262 e. The van der Waals surface area contributed by atoms with E-state index in [1.54, 1.807) is 20.3 Å². The zero-order chi connectivity index (χ0) is 23.1. The van der Waals surface area contributed by atoms with Crippen molar-refractivity contribution in [2.75, 3.05) is 14.2 Å². The number of hydrazone groups is 1. The van der Waals surface area contributed by atoms with E-state index in [-0.39, 0.29) is 10.9 Å². The molecule has 1 atom stereocenters. The summed E-state index contributed by atoms with van der Waals surface area (Å²) < 4.78 is 11.5. The number of nitrogens with zero attached hydrogens (tertiary/aromatic N) is 1. The number of methoxy groups -OCH3 is 2. The van der Waals surface area contributed by atoms with Crippen molar-refractivity contribution in [3.63, 3.8) is 0 Å². The maximum absolute atomic E-state index is 12.6. The Morgan fingerprint density at radius 3 is 2.39 bits per heavy atom. The Morgan fingerprint density at radius 2 is 1.81 bits per heavy atom. The van der Waals surface area contributed by atoms with E-state index in [0.717, 1.165) is 3.57 Å². The first kappa shape index (κ1) is 25.2. The van der Waals surface area contributed by atoms with Crippen LogP contribution in [0, 0.1) is 9.49 Å². The molecule has 2 aromatic carbocycles. The molecule has 0 fully saturated rings. The molecule has 0 saturated heterocycles. The Morgan fingerprint density at radius 1 is 1.10 bits per heavy atom. The van der Waals surface area contributed by atoms with Crippen LogP contribution in [0.2, 0.25) is 10.0 Å². The summed E-state index contributed by atoms with van der Waals surface area (Å²) in [4.78, 5) is 25.2. The number of hydrogen-bond acceptors (Lipinski definition) is 5. The number of carbonyl (C=O) groups excluding carboxylic acids is 2. The normalized spacial score (nSPS) is 12.0. The van der Waals surface area contributed by atoms with Crippen molar-refractivity contribution in [1.82, 2.24) is 10.7 Å². The number of benzene rings is 2. The van der Waals surface area contributed by atoms with Gasteiger partial charge in [-0.25, -0.2) is 5.43 Å². The molecule has 0 aliphatic rings. The van der Waals surface area contributed by atoms with Crippen LogP contribution >= 0.6 is 45.8 Å². The van der Waals surface area contributed by atoms with Gasteiger partial charge in [0, 0.05) is 5.56 Å². The predicted molar refractivity (Wildman–Crippen MR) is 131 cm³/mol. The molecular formula is C21H22Cl2IN3O4. The van der Waals surface area contributed by atoms with Gasteiger partial charge in [-0.15, -0.1) is 0 Å². The Bertz CT molecular complexity index is 999. The molecule has 0 radical (unpaired) electrons. The standard InChI is InChI=1S/C21H22Cl2IN3O4/c1-11(2)18(26-20(28)13-5-6-14(22)15(23)9-13)21(29)27-25-10-12-7-16(24)19(31-4)17(8-12)30-3/h5-11,18H,1-4H3,(H,26,28)(H,27,29)/b25-10+. The zero-order valence-electron chi connectivity index (χ0n) is 17.3. The van der Waals surface area contributed by atoms with Crippen molar-refractivity contribution >= 4 is 63.8 Å². The summed E-state index contributed by atoms with van der Waals surface area (Å²) in [5, 5.41) is 7.32. The Kier molecular flexibility index (Phi) is 9.39. The van der Waals surface area contributed by atoms with Crippen molar-refractivity contribution in [2.24, 2.45) is 11.0 Å². The lowest BCUT2D eigenvalue weighted by atomic mass is 10.0. The lowest BCUT2D eigenvalue weighted by Gasteiger charge is -2.20. The number of amides is 2. The van der Waals surface area contributed by atoms with Gasteiger partial charge in [-0.2, -0.15) is 5.10 Å². The van der Waals surface area contributed by atoms with Crippen LogP contribution < -0.4 is 20.2 Å². The van der Waals surface area contributed by atoms with Gasteiger partial charge in [0.15, 0.2) is 11.5 Å². The van der Waals surface area contributed by atoms with E-state index in [1.807, 2.05) is 19.9 Å². The van der Waals surface area contributed by atoms with Crippen LogP contribution in [-0.2, 0) is 4.79 Å². The Labute approximate surface area is 204 Å². The highest BCUT2D eigenvalue weighted by molar-refractivity contribution is 14.1. The minimum atomic E-state index is -0.801. The predicted octanol–water partition coefficient (Wildman–Crippen LogP) is 4.52. The van der Waals surface area contributed by atoms with Gasteiger partial charge >= 0.3 is 0 Å². The third-order valence-corrected chi connectivity index (χ3v) is 5.80. The quantitative estimate of drug-likeness (QED) is 0.274. The summed E-state index contributed by atoms with van der Waals surface area (Å²) in [5.74, 6) is 0.106. The van der Waals surface area contributed by atoms with Crippen LogP contribution in [0.4, 0.5) is 0 Å². The number of halogens is 3. The van der Waals surface area contributed by atoms with E-state index in [9.17, 15) is 9.59 Å². The summed E-state index contributed by atoms with van der Waals surface area (Å²) in [6.45, 7) is 3.64. The van der Waals surface area contributed by atoms with E-state index in [1.165, 1.54) is 24.4 Å². The second-order valence-corrected chi connectivity index (χ2v) is 8.77. The minimum Gasteiger partial charge on any atom is -0.493 e. The Balaban J connectivity index is 2.09. The van der Waals surface area contributed by atoms with Gasteiger partial charge in [0.2, 0.25) is 0 Å². The number of carbonyl (C=O) groups is 2. The van der Waals surface area contributed by atoms with Crippen molar-refractivity contribution in [2.45, 2.75) is 19.9 Å². The van der Waals surface area contributed by atoms with Crippen LogP contribution in [-0.4, -0.2) is 38.3 Å². The monoisotopic (exact) mass is 577 g/mol. The van der Waals surface area contributed by atoms with Crippen molar-refractivity contribution in [3.05, 3.63) is 55.1 Å². The SMILES string of the molecule is COc1cc(/C=N/NC(=O)C(NC(=O)c2ccc(Cl)c(Cl)c2)C(C)C)cc(I)c1OC. The molecule has 10 heteroatoms. The van der Waals surface area contributed by atoms with Gasteiger partial charge in [0.1, 0.15) is 6.04 Å². The first-order valence-corrected chi connectivity index (χ1v) is 11.0. The van der Waals surface area contributed by atoms with Crippen molar-refractivity contribution < 1.29 is 19.1 Å². The molecular weight excluding hydrogens is 556 g/mol. The lowest BCUT2D eigenvalue weighted by molar-refractivity contribution is -0.123. The molecule has 2 rings (SSSR count). The number of rotatable bonds is 8. The molecule has 2 aromatic rings. The number of hydrogen-bond donors (Lipinski definition) is 2. The fraction of sp³-hybridized carbons (Fsp3) is 0.286. The molecule has 0 heterocycles. The lowest BCUT2D eigenvalue weighted by Crippen LogP contribution is -2.48. The van der Waals surface area contributed by atoms with E-state index in [0.29, 0.717) is 27.6 Å².